The van der Waals surface area contributed by atoms with Gasteiger partial charge in [0.25, 0.3) is 0 Å². The molecule has 0 saturated carbocycles. The Morgan fingerprint density at radius 1 is 1.29 bits per heavy atom. The normalized spacial score (nSPS) is 12.9. The molecule has 78 valence electrons. The number of benzene rings is 1. The monoisotopic (exact) mass is 214 g/mol. The summed E-state index contributed by atoms with van der Waals surface area (Å²) in [6.07, 6.45) is 0.820. The molecule has 0 nitrogen and oxygen atoms in total. The van der Waals surface area contributed by atoms with E-state index in [1.54, 1.807) is 6.07 Å². The summed E-state index contributed by atoms with van der Waals surface area (Å²) in [6.45, 7) is 5.94. The van der Waals surface area contributed by atoms with Gasteiger partial charge in [0.15, 0.2) is 0 Å². The third-order valence-corrected chi connectivity index (χ3v) is 2.90. The topological polar surface area (TPSA) is 0 Å². The second-order valence-electron chi connectivity index (χ2n) is 3.84. The third-order valence-electron chi connectivity index (χ3n) is 2.69. The number of hydrogen-bond acceptors (Lipinski definition) is 0. The zero-order chi connectivity index (χ0) is 10.7. The maximum atomic E-state index is 13.6. The molecule has 0 aliphatic rings. The smallest absolute Gasteiger partial charge is 0.126 e. The van der Waals surface area contributed by atoms with Gasteiger partial charge in [-0.15, -0.1) is 11.6 Å². The van der Waals surface area contributed by atoms with Crippen LogP contribution in [0.4, 0.5) is 4.39 Å². The summed E-state index contributed by atoms with van der Waals surface area (Å²) in [5, 5.41) is 0. The number of rotatable bonds is 3. The molecule has 0 amide bonds. The predicted octanol–water partition coefficient (Wildman–Crippen LogP) is 4.17. The van der Waals surface area contributed by atoms with Crippen molar-refractivity contribution in [3.8, 4) is 0 Å². The Hall–Kier alpha value is -0.560. The quantitative estimate of drug-likeness (QED) is 0.663. The van der Waals surface area contributed by atoms with Gasteiger partial charge in [-0.25, -0.2) is 4.39 Å². The van der Waals surface area contributed by atoms with Gasteiger partial charge in [-0.3, -0.25) is 0 Å². The predicted molar refractivity (Wildman–Crippen MR) is 59.6 cm³/mol. The Morgan fingerprint density at radius 2 is 1.86 bits per heavy atom. The molecule has 1 aromatic rings. The molecule has 0 N–H and O–H groups in total. The summed E-state index contributed by atoms with van der Waals surface area (Å²) in [4.78, 5) is 0. The minimum Gasteiger partial charge on any atom is -0.207 e. The molecule has 0 radical (unpaired) electrons. The van der Waals surface area contributed by atoms with Crippen molar-refractivity contribution in [2.75, 3.05) is 5.88 Å². The highest BCUT2D eigenvalue weighted by Crippen LogP contribution is 2.25. The molecule has 1 aromatic carbocycles. The highest BCUT2D eigenvalue weighted by Gasteiger charge is 2.11. The van der Waals surface area contributed by atoms with Gasteiger partial charge in [0.2, 0.25) is 0 Å². The minimum absolute atomic E-state index is 0.106. The van der Waals surface area contributed by atoms with E-state index in [4.69, 9.17) is 11.6 Å². The van der Waals surface area contributed by atoms with Gasteiger partial charge in [0.05, 0.1) is 0 Å². The lowest BCUT2D eigenvalue weighted by molar-refractivity contribution is 0.582. The molecule has 1 rings (SSSR count). The average molecular weight is 215 g/mol. The molecule has 0 aliphatic carbocycles. The summed E-state index contributed by atoms with van der Waals surface area (Å²) in [5.41, 5.74) is 2.93. The van der Waals surface area contributed by atoms with E-state index >= 15 is 0 Å². The first-order valence-corrected chi connectivity index (χ1v) is 5.42. The van der Waals surface area contributed by atoms with E-state index in [0.29, 0.717) is 5.88 Å². The van der Waals surface area contributed by atoms with Crippen LogP contribution < -0.4 is 0 Å². The van der Waals surface area contributed by atoms with Crippen LogP contribution in [0.15, 0.2) is 12.1 Å². The zero-order valence-corrected chi connectivity index (χ0v) is 9.66. The van der Waals surface area contributed by atoms with Gasteiger partial charge in [-0.2, -0.15) is 0 Å². The van der Waals surface area contributed by atoms with Crippen LogP contribution >= 0.6 is 11.6 Å². The first kappa shape index (κ1) is 11.5. The molecule has 0 fully saturated rings. The van der Waals surface area contributed by atoms with Crippen LogP contribution in [0.1, 0.15) is 36.0 Å². The standard InChI is InChI=1S/C12H16ClF/c1-8(4-5-13)11-6-9(2)10(3)7-12(11)14/h6-8H,4-5H2,1-3H3. The van der Waals surface area contributed by atoms with E-state index in [9.17, 15) is 4.39 Å². The first-order valence-electron chi connectivity index (χ1n) is 4.89. The summed E-state index contributed by atoms with van der Waals surface area (Å²) >= 11 is 5.65. The number of alkyl halides is 1. The summed E-state index contributed by atoms with van der Waals surface area (Å²) in [6, 6.07) is 3.54. The Morgan fingerprint density at radius 3 is 2.43 bits per heavy atom. The molecule has 0 aromatic heterocycles. The van der Waals surface area contributed by atoms with Crippen molar-refractivity contribution in [1.82, 2.24) is 0 Å². The number of aryl methyl sites for hydroxylation is 2. The van der Waals surface area contributed by atoms with E-state index in [1.807, 2.05) is 26.8 Å². The van der Waals surface area contributed by atoms with Crippen LogP contribution in [0, 0.1) is 19.7 Å². The van der Waals surface area contributed by atoms with Crippen molar-refractivity contribution < 1.29 is 4.39 Å². The third kappa shape index (κ3) is 2.48. The summed E-state index contributed by atoms with van der Waals surface area (Å²) in [5.74, 6) is 0.672. The van der Waals surface area contributed by atoms with Crippen molar-refractivity contribution in [3.63, 3.8) is 0 Å². The molecule has 0 aliphatic heterocycles. The van der Waals surface area contributed by atoms with Gasteiger partial charge in [0, 0.05) is 5.88 Å². The van der Waals surface area contributed by atoms with Crippen molar-refractivity contribution in [2.45, 2.75) is 33.1 Å². The molecule has 0 spiro atoms. The molecular formula is C12H16ClF. The highest BCUT2D eigenvalue weighted by molar-refractivity contribution is 6.17. The fourth-order valence-electron chi connectivity index (χ4n) is 1.50. The van der Waals surface area contributed by atoms with Crippen LogP contribution in [0.25, 0.3) is 0 Å². The average Bonchev–Trinajstić information content (AvgIpc) is 2.11. The maximum absolute atomic E-state index is 13.6. The van der Waals surface area contributed by atoms with Crippen LogP contribution in [0.3, 0.4) is 0 Å². The van der Waals surface area contributed by atoms with Gasteiger partial charge in [0.1, 0.15) is 5.82 Å². The summed E-state index contributed by atoms with van der Waals surface area (Å²) < 4.78 is 13.6. The molecule has 0 saturated heterocycles. The number of halogens is 2. The number of hydrogen-bond donors (Lipinski definition) is 0. The fourth-order valence-corrected chi connectivity index (χ4v) is 1.83. The molecule has 0 heterocycles. The fraction of sp³-hybridized carbons (Fsp3) is 0.500. The molecule has 1 atom stereocenters. The van der Waals surface area contributed by atoms with E-state index in [2.05, 4.69) is 0 Å². The molecule has 2 heteroatoms. The zero-order valence-electron chi connectivity index (χ0n) is 8.90. The van der Waals surface area contributed by atoms with Crippen molar-refractivity contribution in [3.05, 3.63) is 34.6 Å². The van der Waals surface area contributed by atoms with Crippen molar-refractivity contribution in [1.29, 1.82) is 0 Å². The SMILES string of the molecule is Cc1cc(F)c(C(C)CCCl)cc1C. The Balaban J connectivity index is 3.02. The van der Waals surface area contributed by atoms with Gasteiger partial charge >= 0.3 is 0 Å². The van der Waals surface area contributed by atoms with Crippen molar-refractivity contribution >= 4 is 11.6 Å². The molecule has 1 unspecified atom stereocenters. The van der Waals surface area contributed by atoms with Crippen LogP contribution in [0.5, 0.6) is 0 Å². The lowest BCUT2D eigenvalue weighted by Gasteiger charge is -2.13. The Bertz CT molecular complexity index is 320. The molecule has 14 heavy (non-hydrogen) atoms. The van der Waals surface area contributed by atoms with E-state index in [-0.39, 0.29) is 11.7 Å². The second-order valence-corrected chi connectivity index (χ2v) is 4.21. The Kier molecular flexibility index (Phi) is 3.94. The summed E-state index contributed by atoms with van der Waals surface area (Å²) in [7, 11) is 0. The van der Waals surface area contributed by atoms with Crippen LogP contribution in [-0.4, -0.2) is 5.88 Å². The minimum atomic E-state index is -0.106. The van der Waals surface area contributed by atoms with Gasteiger partial charge in [-0.05, 0) is 48.9 Å². The largest absolute Gasteiger partial charge is 0.207 e. The molecular weight excluding hydrogens is 199 g/mol. The maximum Gasteiger partial charge on any atom is 0.126 e. The lowest BCUT2D eigenvalue weighted by atomic mass is 9.94. The van der Waals surface area contributed by atoms with Crippen molar-refractivity contribution in [2.24, 2.45) is 0 Å². The van der Waals surface area contributed by atoms with Gasteiger partial charge in [-0.1, -0.05) is 13.0 Å². The van der Waals surface area contributed by atoms with E-state index in [0.717, 1.165) is 23.1 Å². The van der Waals surface area contributed by atoms with Crippen LogP contribution in [-0.2, 0) is 0 Å². The van der Waals surface area contributed by atoms with E-state index < -0.39 is 0 Å². The van der Waals surface area contributed by atoms with Crippen LogP contribution in [0.2, 0.25) is 0 Å². The highest BCUT2D eigenvalue weighted by atomic mass is 35.5. The van der Waals surface area contributed by atoms with Gasteiger partial charge < -0.3 is 0 Å². The first-order chi connectivity index (χ1) is 6.56. The second kappa shape index (κ2) is 4.79. The Labute approximate surface area is 90.1 Å². The molecule has 0 bridgehead atoms. The lowest BCUT2D eigenvalue weighted by Crippen LogP contribution is -2.00. The van der Waals surface area contributed by atoms with E-state index in [1.165, 1.54) is 0 Å².